The van der Waals surface area contributed by atoms with E-state index in [-0.39, 0.29) is 6.03 Å². The number of carbonyl (C=O) groups excluding carboxylic acids is 1. The number of nitrogens with zero attached hydrogens (tertiary/aromatic N) is 3. The van der Waals surface area contributed by atoms with Crippen LogP contribution in [0.25, 0.3) is 11.5 Å². The molecule has 1 saturated heterocycles. The van der Waals surface area contributed by atoms with Gasteiger partial charge in [0.15, 0.2) is 0 Å². The minimum absolute atomic E-state index is 0.0530. The molecule has 6 heteroatoms. The summed E-state index contributed by atoms with van der Waals surface area (Å²) in [6.07, 6.45) is 6.70. The van der Waals surface area contributed by atoms with Gasteiger partial charge in [-0.15, -0.1) is 10.2 Å². The molecule has 1 aromatic carbocycles. The summed E-state index contributed by atoms with van der Waals surface area (Å²) in [4.78, 5) is 14.5. The van der Waals surface area contributed by atoms with E-state index in [4.69, 9.17) is 4.42 Å². The largest absolute Gasteiger partial charge is 0.421 e. The van der Waals surface area contributed by atoms with Crippen molar-refractivity contribution >= 4 is 6.03 Å². The topological polar surface area (TPSA) is 71.3 Å². The fourth-order valence-electron chi connectivity index (χ4n) is 4.09. The number of aromatic nitrogens is 2. The highest BCUT2D eigenvalue weighted by Crippen LogP contribution is 2.35. The van der Waals surface area contributed by atoms with Crippen molar-refractivity contribution in [1.29, 1.82) is 0 Å². The Bertz CT molecular complexity index is 715. The first kappa shape index (κ1) is 16.1. The van der Waals surface area contributed by atoms with Crippen LogP contribution in [-0.2, 0) is 6.42 Å². The normalized spacial score (nSPS) is 22.6. The maximum absolute atomic E-state index is 12.5. The number of amides is 2. The molecule has 1 aliphatic heterocycles. The van der Waals surface area contributed by atoms with Crippen LogP contribution in [0.2, 0.25) is 0 Å². The summed E-state index contributed by atoms with van der Waals surface area (Å²) in [5, 5.41) is 11.2. The summed E-state index contributed by atoms with van der Waals surface area (Å²) in [6, 6.07) is 10.2. The molecule has 2 aromatic rings. The molecule has 0 bridgehead atoms. The second kappa shape index (κ2) is 7.25. The average molecular weight is 340 g/mol. The molecule has 1 aromatic heterocycles. The van der Waals surface area contributed by atoms with Gasteiger partial charge in [-0.3, -0.25) is 0 Å². The molecule has 1 aliphatic carbocycles. The maximum atomic E-state index is 12.5. The molecule has 0 spiro atoms. The van der Waals surface area contributed by atoms with Crippen LogP contribution in [0.4, 0.5) is 4.79 Å². The van der Waals surface area contributed by atoms with Gasteiger partial charge in [0.1, 0.15) is 0 Å². The zero-order valence-corrected chi connectivity index (χ0v) is 14.4. The molecule has 0 unspecified atom stereocenters. The summed E-state index contributed by atoms with van der Waals surface area (Å²) in [5.41, 5.74) is 0.908. The van der Waals surface area contributed by atoms with E-state index in [9.17, 15) is 4.79 Å². The van der Waals surface area contributed by atoms with E-state index in [1.54, 1.807) is 0 Å². The third kappa shape index (κ3) is 3.52. The standard InChI is InChI=1S/C19H24N4O2/c24-19(23-13-11-14-6-4-5-9-16(14)23)20-12-10-17-21-22-18(25-17)15-7-2-1-3-8-15/h1-3,7-8,14,16H,4-6,9-13H2,(H,20,24)/t14-,16-/m1/s1. The number of nitrogens with one attached hydrogen (secondary N) is 1. The van der Waals surface area contributed by atoms with Gasteiger partial charge in [0.2, 0.25) is 11.8 Å². The third-order valence-corrected chi connectivity index (χ3v) is 5.37. The molecule has 4 rings (SSSR count). The number of hydrogen-bond acceptors (Lipinski definition) is 4. The van der Waals surface area contributed by atoms with Crippen molar-refractivity contribution < 1.29 is 9.21 Å². The lowest BCUT2D eigenvalue weighted by Crippen LogP contribution is -2.45. The molecule has 1 saturated carbocycles. The highest BCUT2D eigenvalue weighted by atomic mass is 16.4. The second-order valence-corrected chi connectivity index (χ2v) is 6.94. The summed E-state index contributed by atoms with van der Waals surface area (Å²) >= 11 is 0. The van der Waals surface area contributed by atoms with Crippen LogP contribution >= 0.6 is 0 Å². The Kier molecular flexibility index (Phi) is 4.68. The summed E-state index contributed by atoms with van der Waals surface area (Å²) < 4.78 is 5.68. The molecule has 6 nitrogen and oxygen atoms in total. The highest BCUT2D eigenvalue weighted by molar-refractivity contribution is 5.75. The molecule has 0 radical (unpaired) electrons. The molecule has 2 aliphatic rings. The smallest absolute Gasteiger partial charge is 0.317 e. The van der Waals surface area contributed by atoms with E-state index < -0.39 is 0 Å². The van der Waals surface area contributed by atoms with Crippen LogP contribution in [0.1, 0.15) is 38.0 Å². The van der Waals surface area contributed by atoms with Gasteiger partial charge in [-0.2, -0.15) is 0 Å². The summed E-state index contributed by atoms with van der Waals surface area (Å²) in [6.45, 7) is 1.41. The number of hydrogen-bond donors (Lipinski definition) is 1. The van der Waals surface area contributed by atoms with Gasteiger partial charge >= 0.3 is 6.03 Å². The highest BCUT2D eigenvalue weighted by Gasteiger charge is 2.37. The Hall–Kier alpha value is -2.37. The maximum Gasteiger partial charge on any atom is 0.317 e. The fourth-order valence-corrected chi connectivity index (χ4v) is 4.09. The van der Waals surface area contributed by atoms with Gasteiger partial charge in [0.25, 0.3) is 0 Å². The van der Waals surface area contributed by atoms with Crippen molar-refractivity contribution in [2.75, 3.05) is 13.1 Å². The molecule has 2 atom stereocenters. The molecule has 1 N–H and O–H groups in total. The summed E-state index contributed by atoms with van der Waals surface area (Å²) in [5.74, 6) is 1.78. The van der Waals surface area contributed by atoms with Gasteiger partial charge in [-0.05, 0) is 37.3 Å². The van der Waals surface area contributed by atoms with Gasteiger partial charge in [0, 0.05) is 31.1 Å². The van der Waals surface area contributed by atoms with E-state index in [0.29, 0.717) is 36.7 Å². The molecule has 2 fully saturated rings. The third-order valence-electron chi connectivity index (χ3n) is 5.37. The number of fused-ring (bicyclic) bond motifs is 1. The Labute approximate surface area is 147 Å². The number of urea groups is 1. The molecule has 132 valence electrons. The van der Waals surface area contributed by atoms with Crippen LogP contribution in [0, 0.1) is 5.92 Å². The fraction of sp³-hybridized carbons (Fsp3) is 0.526. The van der Waals surface area contributed by atoms with E-state index in [1.165, 1.54) is 19.3 Å². The van der Waals surface area contributed by atoms with Gasteiger partial charge < -0.3 is 14.6 Å². The predicted molar refractivity (Wildman–Crippen MR) is 93.9 cm³/mol. The quantitative estimate of drug-likeness (QED) is 0.927. The predicted octanol–water partition coefficient (Wildman–Crippen LogP) is 3.25. The molecule has 25 heavy (non-hydrogen) atoms. The minimum Gasteiger partial charge on any atom is -0.421 e. The van der Waals surface area contributed by atoms with E-state index in [2.05, 4.69) is 15.5 Å². The Morgan fingerprint density at radius 1 is 1.16 bits per heavy atom. The van der Waals surface area contributed by atoms with Gasteiger partial charge in [0.05, 0.1) is 0 Å². The van der Waals surface area contributed by atoms with Crippen LogP contribution in [0.3, 0.4) is 0 Å². The number of carbonyl (C=O) groups is 1. The minimum atomic E-state index is 0.0530. The number of rotatable bonds is 4. The van der Waals surface area contributed by atoms with Crippen molar-refractivity contribution in [3.05, 3.63) is 36.2 Å². The lowest BCUT2D eigenvalue weighted by molar-refractivity contribution is 0.170. The Balaban J connectivity index is 1.28. The van der Waals surface area contributed by atoms with Crippen LogP contribution < -0.4 is 5.32 Å². The average Bonchev–Trinajstić information content (AvgIpc) is 3.29. The first-order chi connectivity index (χ1) is 12.3. The van der Waals surface area contributed by atoms with Crippen molar-refractivity contribution in [3.8, 4) is 11.5 Å². The second-order valence-electron chi connectivity index (χ2n) is 6.94. The van der Waals surface area contributed by atoms with E-state index in [0.717, 1.165) is 24.9 Å². The lowest BCUT2D eigenvalue weighted by Gasteiger charge is -2.31. The van der Waals surface area contributed by atoms with Crippen molar-refractivity contribution in [3.63, 3.8) is 0 Å². The Morgan fingerprint density at radius 3 is 2.88 bits per heavy atom. The first-order valence-electron chi connectivity index (χ1n) is 9.23. The zero-order valence-electron chi connectivity index (χ0n) is 14.4. The van der Waals surface area contributed by atoms with Crippen LogP contribution in [0.15, 0.2) is 34.7 Å². The molecular weight excluding hydrogens is 316 g/mol. The van der Waals surface area contributed by atoms with E-state index in [1.807, 2.05) is 35.2 Å². The van der Waals surface area contributed by atoms with Gasteiger partial charge in [-0.1, -0.05) is 31.0 Å². The summed E-state index contributed by atoms with van der Waals surface area (Å²) in [7, 11) is 0. The van der Waals surface area contributed by atoms with E-state index >= 15 is 0 Å². The molecular formula is C19H24N4O2. The van der Waals surface area contributed by atoms with Crippen molar-refractivity contribution in [1.82, 2.24) is 20.4 Å². The van der Waals surface area contributed by atoms with Crippen LogP contribution in [0.5, 0.6) is 0 Å². The molecule has 2 heterocycles. The number of benzene rings is 1. The number of likely N-dealkylation sites (tertiary alicyclic amines) is 1. The van der Waals surface area contributed by atoms with Crippen LogP contribution in [-0.4, -0.2) is 40.3 Å². The molecule has 2 amide bonds. The lowest BCUT2D eigenvalue weighted by atomic mass is 9.85. The van der Waals surface area contributed by atoms with Crippen molar-refractivity contribution in [2.45, 2.75) is 44.6 Å². The zero-order chi connectivity index (χ0) is 17.1. The first-order valence-corrected chi connectivity index (χ1v) is 9.23. The SMILES string of the molecule is O=C(NCCc1nnc(-c2ccccc2)o1)N1CC[C@H]2CCCC[C@H]21. The Morgan fingerprint density at radius 2 is 2.00 bits per heavy atom. The monoisotopic (exact) mass is 340 g/mol. The van der Waals surface area contributed by atoms with Gasteiger partial charge in [-0.25, -0.2) is 4.79 Å². The van der Waals surface area contributed by atoms with Crippen molar-refractivity contribution in [2.24, 2.45) is 5.92 Å².